The van der Waals surface area contributed by atoms with Crippen molar-refractivity contribution in [2.45, 2.75) is 26.9 Å². The van der Waals surface area contributed by atoms with Crippen LogP contribution >= 0.6 is 0 Å². The number of hydrogen-bond acceptors (Lipinski definition) is 4. The van der Waals surface area contributed by atoms with E-state index >= 15 is 0 Å². The van der Waals surface area contributed by atoms with E-state index in [1.807, 2.05) is 0 Å². The molecule has 0 spiro atoms. The molecular weight excluding hydrogens is 196 g/mol. The molecule has 0 aliphatic rings. The molecule has 0 rings (SSSR count). The lowest BCUT2D eigenvalue weighted by Gasteiger charge is -2.02. The Morgan fingerprint density at radius 1 is 1.20 bits per heavy atom. The van der Waals surface area contributed by atoms with Crippen molar-refractivity contribution < 1.29 is 19.1 Å². The maximum atomic E-state index is 10.3. The van der Waals surface area contributed by atoms with Gasteiger partial charge >= 0.3 is 11.9 Å². The third-order valence-electron chi connectivity index (χ3n) is 0.972. The van der Waals surface area contributed by atoms with Gasteiger partial charge in [-0.25, -0.2) is 9.59 Å². The van der Waals surface area contributed by atoms with Gasteiger partial charge in [-0.2, -0.15) is 0 Å². The number of esters is 2. The van der Waals surface area contributed by atoms with E-state index in [1.54, 1.807) is 20.8 Å². The molecular formula is C11H18O4. The van der Waals surface area contributed by atoms with Gasteiger partial charge in [0.25, 0.3) is 0 Å². The molecule has 86 valence electrons. The summed E-state index contributed by atoms with van der Waals surface area (Å²) in [6, 6.07) is 0. The minimum Gasteiger partial charge on any atom is -0.463 e. The van der Waals surface area contributed by atoms with Gasteiger partial charge in [0.2, 0.25) is 0 Å². The largest absolute Gasteiger partial charge is 0.463 e. The molecule has 0 saturated heterocycles. The summed E-state index contributed by atoms with van der Waals surface area (Å²) >= 11 is 0. The predicted molar refractivity (Wildman–Crippen MR) is 58.3 cm³/mol. The SMILES string of the molecule is C=CC(=O)OC(C)C.C=CC(=O)OCC. The molecule has 0 aliphatic heterocycles. The second-order valence-corrected chi connectivity index (χ2v) is 2.65. The fourth-order valence-corrected chi connectivity index (χ4v) is 0.482. The second-order valence-electron chi connectivity index (χ2n) is 2.65. The van der Waals surface area contributed by atoms with Crippen molar-refractivity contribution in [3.8, 4) is 0 Å². The molecule has 0 bridgehead atoms. The Kier molecular flexibility index (Phi) is 11.1. The standard InChI is InChI=1S/C6H10O2.C5H8O2/c1-4-6(7)8-5(2)3;1-3-5(6)7-4-2/h4-5H,1H2,2-3H3;3H,1,4H2,2H3. The molecule has 0 heterocycles. The van der Waals surface area contributed by atoms with Crippen LogP contribution in [0.1, 0.15) is 20.8 Å². The first-order valence-corrected chi connectivity index (χ1v) is 4.60. The quantitative estimate of drug-likeness (QED) is 0.529. The van der Waals surface area contributed by atoms with E-state index in [1.165, 1.54) is 0 Å². The van der Waals surface area contributed by atoms with Gasteiger partial charge in [-0.3, -0.25) is 0 Å². The smallest absolute Gasteiger partial charge is 0.330 e. The first-order valence-electron chi connectivity index (χ1n) is 4.60. The van der Waals surface area contributed by atoms with E-state index in [-0.39, 0.29) is 18.0 Å². The van der Waals surface area contributed by atoms with Crippen molar-refractivity contribution in [3.05, 3.63) is 25.3 Å². The zero-order valence-corrected chi connectivity index (χ0v) is 9.49. The Balaban J connectivity index is 0. The predicted octanol–water partition coefficient (Wildman–Crippen LogP) is 1.86. The summed E-state index contributed by atoms with van der Waals surface area (Å²) in [4.78, 5) is 20.4. The molecule has 0 radical (unpaired) electrons. The molecule has 4 nitrogen and oxygen atoms in total. The first-order chi connectivity index (χ1) is 6.97. The van der Waals surface area contributed by atoms with Crippen LogP contribution < -0.4 is 0 Å². The zero-order chi connectivity index (χ0) is 12.3. The number of ether oxygens (including phenoxy) is 2. The summed E-state index contributed by atoms with van der Waals surface area (Å²) in [6.45, 7) is 12.2. The van der Waals surface area contributed by atoms with Gasteiger partial charge < -0.3 is 9.47 Å². The number of hydrogen-bond donors (Lipinski definition) is 0. The topological polar surface area (TPSA) is 52.6 Å². The molecule has 0 aliphatic carbocycles. The number of carbonyl (C=O) groups excluding carboxylic acids is 2. The lowest BCUT2D eigenvalue weighted by molar-refractivity contribution is -0.141. The van der Waals surface area contributed by atoms with Gasteiger partial charge in [0.05, 0.1) is 12.7 Å². The average Bonchev–Trinajstić information content (AvgIpc) is 2.18. The molecule has 0 N–H and O–H groups in total. The molecule has 0 aromatic heterocycles. The van der Waals surface area contributed by atoms with Crippen LogP contribution in [0.15, 0.2) is 25.3 Å². The van der Waals surface area contributed by atoms with Crippen LogP contribution in [0.3, 0.4) is 0 Å². The van der Waals surface area contributed by atoms with Crippen LogP contribution in [0.25, 0.3) is 0 Å². The lowest BCUT2D eigenvalue weighted by atomic mass is 10.5. The normalized spacial score (nSPS) is 8.27. The molecule has 0 unspecified atom stereocenters. The maximum absolute atomic E-state index is 10.3. The van der Waals surface area contributed by atoms with Gasteiger partial charge in [0.15, 0.2) is 0 Å². The number of rotatable bonds is 4. The molecule has 0 saturated carbocycles. The second kappa shape index (κ2) is 10.5. The molecule has 0 atom stereocenters. The summed E-state index contributed by atoms with van der Waals surface area (Å²) in [5, 5.41) is 0. The summed E-state index contributed by atoms with van der Waals surface area (Å²) in [6.07, 6.45) is 2.25. The monoisotopic (exact) mass is 214 g/mol. The molecule has 0 fully saturated rings. The highest BCUT2D eigenvalue weighted by atomic mass is 16.5. The van der Waals surface area contributed by atoms with Crippen LogP contribution in [-0.4, -0.2) is 24.6 Å². The van der Waals surface area contributed by atoms with Gasteiger partial charge in [0, 0.05) is 12.2 Å². The Bertz CT molecular complexity index is 219. The van der Waals surface area contributed by atoms with E-state index in [0.29, 0.717) is 6.61 Å². The minimum atomic E-state index is -0.361. The van der Waals surface area contributed by atoms with Gasteiger partial charge in [0.1, 0.15) is 0 Å². The van der Waals surface area contributed by atoms with Gasteiger partial charge in [-0.1, -0.05) is 13.2 Å². The lowest BCUT2D eigenvalue weighted by Crippen LogP contribution is -2.07. The Morgan fingerprint density at radius 3 is 1.80 bits per heavy atom. The van der Waals surface area contributed by atoms with E-state index in [2.05, 4.69) is 22.6 Å². The van der Waals surface area contributed by atoms with Crippen molar-refractivity contribution >= 4 is 11.9 Å². The highest BCUT2D eigenvalue weighted by molar-refractivity contribution is 5.81. The van der Waals surface area contributed by atoms with Crippen molar-refractivity contribution in [2.75, 3.05) is 6.61 Å². The Hall–Kier alpha value is -1.58. The Labute approximate surface area is 90.6 Å². The summed E-state index contributed by atoms with van der Waals surface area (Å²) < 4.78 is 9.08. The van der Waals surface area contributed by atoms with Crippen LogP contribution in [0.5, 0.6) is 0 Å². The van der Waals surface area contributed by atoms with E-state index in [4.69, 9.17) is 0 Å². The third kappa shape index (κ3) is 15.2. The van der Waals surface area contributed by atoms with Crippen molar-refractivity contribution in [1.82, 2.24) is 0 Å². The van der Waals surface area contributed by atoms with E-state index < -0.39 is 0 Å². The third-order valence-corrected chi connectivity index (χ3v) is 0.972. The number of carbonyl (C=O) groups is 2. The highest BCUT2D eigenvalue weighted by Gasteiger charge is 1.96. The summed E-state index contributed by atoms with van der Waals surface area (Å²) in [7, 11) is 0. The molecule has 0 aromatic carbocycles. The van der Waals surface area contributed by atoms with Crippen LogP contribution in [-0.2, 0) is 19.1 Å². The van der Waals surface area contributed by atoms with Crippen molar-refractivity contribution in [2.24, 2.45) is 0 Å². The van der Waals surface area contributed by atoms with Crippen LogP contribution in [0.2, 0.25) is 0 Å². The highest BCUT2D eigenvalue weighted by Crippen LogP contribution is 1.87. The van der Waals surface area contributed by atoms with Crippen molar-refractivity contribution in [1.29, 1.82) is 0 Å². The average molecular weight is 214 g/mol. The van der Waals surface area contributed by atoms with E-state index in [0.717, 1.165) is 12.2 Å². The van der Waals surface area contributed by atoms with E-state index in [9.17, 15) is 9.59 Å². The zero-order valence-electron chi connectivity index (χ0n) is 9.49. The van der Waals surface area contributed by atoms with Crippen LogP contribution in [0.4, 0.5) is 0 Å². The Morgan fingerprint density at radius 2 is 1.67 bits per heavy atom. The van der Waals surface area contributed by atoms with Gasteiger partial charge in [-0.15, -0.1) is 0 Å². The first kappa shape index (κ1) is 15.9. The van der Waals surface area contributed by atoms with Crippen LogP contribution in [0, 0.1) is 0 Å². The summed E-state index contributed by atoms with van der Waals surface area (Å²) in [5.41, 5.74) is 0. The summed E-state index contributed by atoms with van der Waals surface area (Å²) in [5.74, 6) is -0.720. The molecule has 0 amide bonds. The molecule has 4 heteroatoms. The van der Waals surface area contributed by atoms with Crippen molar-refractivity contribution in [3.63, 3.8) is 0 Å². The fourth-order valence-electron chi connectivity index (χ4n) is 0.482. The fraction of sp³-hybridized carbons (Fsp3) is 0.455. The van der Waals surface area contributed by atoms with Gasteiger partial charge in [-0.05, 0) is 20.8 Å². The maximum Gasteiger partial charge on any atom is 0.330 e. The minimum absolute atomic E-state index is 0.0412. The molecule has 0 aromatic rings. The molecule has 15 heavy (non-hydrogen) atoms.